The topological polar surface area (TPSA) is 113 Å². The van der Waals surface area contributed by atoms with Gasteiger partial charge in [-0.25, -0.2) is 0 Å². The van der Waals surface area contributed by atoms with Crippen LogP contribution in [0.3, 0.4) is 0 Å². The summed E-state index contributed by atoms with van der Waals surface area (Å²) in [5, 5.41) is 10.2. The number of hydrogen-bond donors (Lipinski definition) is 1. The molecule has 0 atom stereocenters. The van der Waals surface area contributed by atoms with E-state index >= 15 is 0 Å². The van der Waals surface area contributed by atoms with Gasteiger partial charge >= 0.3 is 10.1 Å². The summed E-state index contributed by atoms with van der Waals surface area (Å²) in [6.45, 7) is 0. The zero-order valence-corrected chi connectivity index (χ0v) is 8.66. The van der Waals surface area contributed by atoms with Crippen molar-refractivity contribution in [2.24, 2.45) is 5.90 Å². The molecule has 0 bridgehead atoms. The zero-order valence-electron chi connectivity index (χ0n) is 7.08. The summed E-state index contributed by atoms with van der Waals surface area (Å²) < 4.78 is 26.0. The molecule has 0 heterocycles. The number of halogens is 1. The largest absolute Gasteiger partial charge is 0.314 e. The molecule has 15 heavy (non-hydrogen) atoms. The van der Waals surface area contributed by atoms with Crippen molar-refractivity contribution in [2.75, 3.05) is 0 Å². The van der Waals surface area contributed by atoms with Crippen molar-refractivity contribution in [1.29, 1.82) is 0 Å². The summed E-state index contributed by atoms with van der Waals surface area (Å²) >= 11 is 5.53. The van der Waals surface area contributed by atoms with Gasteiger partial charge in [-0.05, 0) is 6.07 Å². The fourth-order valence-electron chi connectivity index (χ4n) is 0.849. The van der Waals surface area contributed by atoms with Crippen LogP contribution in [-0.4, -0.2) is 13.3 Å². The number of benzene rings is 1. The Balaban J connectivity index is 3.42. The number of non-ortho nitro benzene ring substituents is 1. The van der Waals surface area contributed by atoms with Crippen molar-refractivity contribution < 1.29 is 17.6 Å². The predicted octanol–water partition coefficient (Wildman–Crippen LogP) is 0.827. The van der Waals surface area contributed by atoms with E-state index in [-0.39, 0.29) is 5.02 Å². The first kappa shape index (κ1) is 11.9. The normalized spacial score (nSPS) is 11.3. The Morgan fingerprint density at radius 1 is 1.47 bits per heavy atom. The Kier molecular flexibility index (Phi) is 3.25. The van der Waals surface area contributed by atoms with Crippen molar-refractivity contribution in [3.8, 4) is 0 Å². The highest BCUT2D eigenvalue weighted by atomic mass is 35.5. The van der Waals surface area contributed by atoms with Crippen LogP contribution in [0.1, 0.15) is 0 Å². The van der Waals surface area contributed by atoms with Crippen LogP contribution in [0, 0.1) is 10.1 Å². The highest BCUT2D eigenvalue weighted by Crippen LogP contribution is 2.26. The highest BCUT2D eigenvalue weighted by molar-refractivity contribution is 7.86. The molecule has 1 aromatic rings. The third kappa shape index (κ3) is 2.42. The van der Waals surface area contributed by atoms with Crippen molar-refractivity contribution in [1.82, 2.24) is 0 Å². The molecule has 0 aliphatic rings. The molecule has 9 heteroatoms. The number of nitrogens with two attached hydrogens (primary N) is 1. The van der Waals surface area contributed by atoms with E-state index in [0.29, 0.717) is 0 Å². The first-order valence-electron chi connectivity index (χ1n) is 3.46. The maximum absolute atomic E-state index is 11.1. The smallest absolute Gasteiger partial charge is 0.258 e. The van der Waals surface area contributed by atoms with Crippen molar-refractivity contribution in [2.45, 2.75) is 4.90 Å². The van der Waals surface area contributed by atoms with Crippen LogP contribution in [0.5, 0.6) is 0 Å². The van der Waals surface area contributed by atoms with Gasteiger partial charge in [0.05, 0.1) is 9.95 Å². The van der Waals surface area contributed by atoms with Gasteiger partial charge in [0.2, 0.25) is 0 Å². The second-order valence-electron chi connectivity index (χ2n) is 2.42. The van der Waals surface area contributed by atoms with Crippen LogP contribution >= 0.6 is 11.6 Å². The quantitative estimate of drug-likeness (QED) is 0.630. The van der Waals surface area contributed by atoms with E-state index in [2.05, 4.69) is 10.2 Å². The minimum atomic E-state index is -4.24. The van der Waals surface area contributed by atoms with Gasteiger partial charge < -0.3 is 0 Å². The van der Waals surface area contributed by atoms with Crippen LogP contribution in [0.15, 0.2) is 23.1 Å². The van der Waals surface area contributed by atoms with E-state index in [9.17, 15) is 18.5 Å². The number of rotatable bonds is 3. The molecular formula is C6H5ClN2O5S. The van der Waals surface area contributed by atoms with Crippen LogP contribution in [0.4, 0.5) is 5.69 Å². The summed E-state index contributed by atoms with van der Waals surface area (Å²) in [7, 11) is -4.24. The van der Waals surface area contributed by atoms with Crippen molar-refractivity contribution in [3.05, 3.63) is 33.3 Å². The molecule has 0 fully saturated rings. The molecule has 1 rings (SSSR count). The number of nitro benzene ring substituents is 1. The third-order valence-corrected chi connectivity index (χ3v) is 3.09. The molecule has 0 spiro atoms. The molecule has 0 aliphatic heterocycles. The maximum atomic E-state index is 11.1. The van der Waals surface area contributed by atoms with E-state index in [4.69, 9.17) is 11.6 Å². The summed E-state index contributed by atoms with van der Waals surface area (Å²) in [6.07, 6.45) is 0. The summed E-state index contributed by atoms with van der Waals surface area (Å²) in [5.41, 5.74) is -0.421. The minimum Gasteiger partial charge on any atom is -0.258 e. The van der Waals surface area contributed by atoms with Crippen molar-refractivity contribution in [3.63, 3.8) is 0 Å². The highest BCUT2D eigenvalue weighted by Gasteiger charge is 2.21. The van der Waals surface area contributed by atoms with Crippen LogP contribution in [0.2, 0.25) is 5.02 Å². The van der Waals surface area contributed by atoms with Gasteiger partial charge in [-0.2, -0.15) is 18.6 Å². The zero-order chi connectivity index (χ0) is 11.6. The Hall–Kier alpha value is -1.22. The fraction of sp³-hybridized carbons (Fsp3) is 0. The molecular weight excluding hydrogens is 248 g/mol. The van der Waals surface area contributed by atoms with E-state index in [1.807, 2.05) is 0 Å². The molecule has 82 valence electrons. The van der Waals surface area contributed by atoms with Gasteiger partial charge in [-0.1, -0.05) is 11.6 Å². The van der Waals surface area contributed by atoms with Gasteiger partial charge in [-0.15, -0.1) is 0 Å². The van der Waals surface area contributed by atoms with E-state index in [0.717, 1.165) is 18.2 Å². The second kappa shape index (κ2) is 4.11. The predicted molar refractivity (Wildman–Crippen MR) is 50.6 cm³/mol. The average Bonchev–Trinajstić information content (AvgIpc) is 2.17. The van der Waals surface area contributed by atoms with Gasteiger partial charge in [0.15, 0.2) is 0 Å². The number of nitro groups is 1. The lowest BCUT2D eigenvalue weighted by molar-refractivity contribution is -0.385. The number of hydrogen-bond acceptors (Lipinski definition) is 6. The lowest BCUT2D eigenvalue weighted by Crippen LogP contribution is -2.11. The Morgan fingerprint density at radius 3 is 2.53 bits per heavy atom. The Bertz CT molecular complexity index is 500. The van der Waals surface area contributed by atoms with Crippen molar-refractivity contribution >= 4 is 27.4 Å². The van der Waals surface area contributed by atoms with E-state index in [1.54, 1.807) is 0 Å². The summed E-state index contributed by atoms with van der Waals surface area (Å²) in [6, 6.07) is 2.91. The SMILES string of the molecule is NOS(=O)(=O)c1cc([N+](=O)[O-])ccc1Cl. The molecule has 0 saturated carbocycles. The van der Waals surface area contributed by atoms with E-state index < -0.39 is 25.6 Å². The summed E-state index contributed by atoms with van der Waals surface area (Å²) in [4.78, 5) is 9.08. The average molecular weight is 253 g/mol. The van der Waals surface area contributed by atoms with Gasteiger partial charge in [0.25, 0.3) is 5.69 Å². The fourth-order valence-corrected chi connectivity index (χ4v) is 1.93. The molecule has 0 saturated heterocycles. The Labute approximate surface area is 89.6 Å². The van der Waals surface area contributed by atoms with Gasteiger partial charge in [-0.3, -0.25) is 10.1 Å². The molecule has 0 amide bonds. The molecule has 0 aromatic heterocycles. The first-order chi connectivity index (χ1) is 6.88. The molecule has 0 unspecified atom stereocenters. The lowest BCUT2D eigenvalue weighted by atomic mass is 10.3. The van der Waals surface area contributed by atoms with Crippen LogP contribution in [-0.2, 0) is 14.4 Å². The Morgan fingerprint density at radius 2 is 2.07 bits per heavy atom. The second-order valence-corrected chi connectivity index (χ2v) is 4.37. The molecule has 0 radical (unpaired) electrons. The minimum absolute atomic E-state index is 0.203. The molecule has 7 nitrogen and oxygen atoms in total. The molecule has 2 N–H and O–H groups in total. The van der Waals surface area contributed by atoms with Crippen LogP contribution in [0.25, 0.3) is 0 Å². The van der Waals surface area contributed by atoms with E-state index in [1.165, 1.54) is 0 Å². The third-order valence-electron chi connectivity index (χ3n) is 1.52. The van der Waals surface area contributed by atoms with Crippen LogP contribution < -0.4 is 5.90 Å². The summed E-state index contributed by atoms with van der Waals surface area (Å²) in [5.74, 6) is 4.52. The van der Waals surface area contributed by atoms with Gasteiger partial charge in [0.1, 0.15) is 4.90 Å². The van der Waals surface area contributed by atoms with Gasteiger partial charge in [0, 0.05) is 12.1 Å². The lowest BCUT2D eigenvalue weighted by Gasteiger charge is -2.02. The first-order valence-corrected chi connectivity index (χ1v) is 5.24. The monoisotopic (exact) mass is 252 g/mol. The number of nitrogens with zero attached hydrogens (tertiary/aromatic N) is 1. The molecule has 1 aromatic carbocycles. The standard InChI is InChI=1S/C6H5ClN2O5S/c7-5-2-1-4(9(10)11)3-6(5)15(12,13)14-8/h1-3H,8H2. The maximum Gasteiger partial charge on any atom is 0.314 e. The molecule has 0 aliphatic carbocycles.